The molecule has 1 aromatic carbocycles. The van der Waals surface area contributed by atoms with E-state index in [-0.39, 0.29) is 6.04 Å². The summed E-state index contributed by atoms with van der Waals surface area (Å²) in [7, 11) is 0. The number of thioether (sulfide) groups is 1. The molecule has 1 aromatic heterocycles. The van der Waals surface area contributed by atoms with Gasteiger partial charge in [0.2, 0.25) is 6.41 Å². The van der Waals surface area contributed by atoms with Crippen molar-refractivity contribution in [3.63, 3.8) is 0 Å². The molecule has 118 valence electrons. The molecule has 1 atom stereocenters. The number of nitrogens with zero attached hydrogens (tertiary/aromatic N) is 1. The van der Waals surface area contributed by atoms with E-state index < -0.39 is 0 Å². The van der Waals surface area contributed by atoms with Gasteiger partial charge >= 0.3 is 0 Å². The maximum Gasteiger partial charge on any atom is 0.233 e. The van der Waals surface area contributed by atoms with Crippen LogP contribution in [0.5, 0.6) is 0 Å². The minimum absolute atomic E-state index is 0.249. The van der Waals surface area contributed by atoms with Crippen molar-refractivity contribution in [3.8, 4) is 0 Å². The predicted molar refractivity (Wildman–Crippen MR) is 93.6 cm³/mol. The highest BCUT2D eigenvalue weighted by molar-refractivity contribution is 7.99. The Bertz CT molecular complexity index is 572. The van der Waals surface area contributed by atoms with Gasteiger partial charge in [-0.3, -0.25) is 10.0 Å². The fraction of sp³-hybridized carbons (Fsp3) is 0.353. The Balaban J connectivity index is 1.77. The smallest absolute Gasteiger partial charge is 0.233 e. The van der Waals surface area contributed by atoms with Gasteiger partial charge in [-0.05, 0) is 48.1 Å². The summed E-state index contributed by atoms with van der Waals surface area (Å²) in [5.74, 6) is 1.73. The van der Waals surface area contributed by atoms with Gasteiger partial charge in [0, 0.05) is 10.6 Å². The van der Waals surface area contributed by atoms with Crippen LogP contribution >= 0.6 is 23.1 Å². The van der Waals surface area contributed by atoms with Crippen LogP contribution in [0.2, 0.25) is 0 Å². The van der Waals surface area contributed by atoms with Gasteiger partial charge in [-0.1, -0.05) is 30.3 Å². The van der Waals surface area contributed by atoms with Gasteiger partial charge < -0.3 is 0 Å². The molecule has 0 aliphatic rings. The largest absolute Gasteiger partial charge is 0.285 e. The summed E-state index contributed by atoms with van der Waals surface area (Å²) in [6, 6.07) is 12.1. The van der Waals surface area contributed by atoms with Crippen molar-refractivity contribution in [1.82, 2.24) is 5.06 Å². The van der Waals surface area contributed by atoms with Crippen LogP contribution in [0.15, 0.2) is 41.8 Å². The molecule has 1 N–H and O–H groups in total. The van der Waals surface area contributed by atoms with Gasteiger partial charge in [0.05, 0.1) is 0 Å². The summed E-state index contributed by atoms with van der Waals surface area (Å²) in [6.07, 6.45) is 2.65. The zero-order chi connectivity index (χ0) is 15.8. The molecule has 0 saturated heterocycles. The summed E-state index contributed by atoms with van der Waals surface area (Å²) in [4.78, 5) is 11.8. The quantitative estimate of drug-likeness (QED) is 0.321. The summed E-state index contributed by atoms with van der Waals surface area (Å²) in [5.41, 5.74) is 2.74. The number of hydrogen-bond donors (Lipinski definition) is 1. The molecule has 2 aromatic rings. The van der Waals surface area contributed by atoms with E-state index in [4.69, 9.17) is 0 Å². The molecule has 0 aliphatic heterocycles. The van der Waals surface area contributed by atoms with E-state index in [0.717, 1.165) is 28.5 Å². The molecule has 0 radical (unpaired) electrons. The fourth-order valence-corrected chi connectivity index (χ4v) is 4.29. The summed E-state index contributed by atoms with van der Waals surface area (Å²) >= 11 is 3.34. The first-order chi connectivity index (χ1) is 10.7. The molecular weight excluding hydrogens is 314 g/mol. The third-order valence-corrected chi connectivity index (χ3v) is 5.67. The van der Waals surface area contributed by atoms with Crippen LogP contribution in [0.25, 0.3) is 0 Å². The number of amides is 1. The molecule has 2 rings (SSSR count). The van der Waals surface area contributed by atoms with E-state index >= 15 is 0 Å². The van der Waals surface area contributed by atoms with Crippen molar-refractivity contribution in [3.05, 3.63) is 57.8 Å². The van der Waals surface area contributed by atoms with Crippen LogP contribution in [0.1, 0.15) is 28.5 Å². The van der Waals surface area contributed by atoms with Crippen LogP contribution < -0.4 is 0 Å². The number of carbonyl (C=O) groups is 1. The minimum Gasteiger partial charge on any atom is -0.285 e. The molecule has 0 fully saturated rings. The first-order valence-electron chi connectivity index (χ1n) is 7.30. The lowest BCUT2D eigenvalue weighted by Gasteiger charge is -2.21. The lowest BCUT2D eigenvalue weighted by Crippen LogP contribution is -2.25. The van der Waals surface area contributed by atoms with Crippen molar-refractivity contribution in [2.75, 3.05) is 11.5 Å². The number of carbonyl (C=O) groups excluding carboxylic acids is 1. The normalized spacial score (nSPS) is 12.1. The highest BCUT2D eigenvalue weighted by atomic mass is 32.2. The maximum atomic E-state index is 10.8. The van der Waals surface area contributed by atoms with Crippen molar-refractivity contribution < 1.29 is 10.0 Å². The van der Waals surface area contributed by atoms with Gasteiger partial charge in [0.15, 0.2) is 0 Å². The van der Waals surface area contributed by atoms with Gasteiger partial charge in [-0.2, -0.15) is 11.8 Å². The summed E-state index contributed by atoms with van der Waals surface area (Å²) in [6.45, 7) is 2.14. The minimum atomic E-state index is -0.249. The Labute approximate surface area is 139 Å². The van der Waals surface area contributed by atoms with Crippen LogP contribution in [0, 0.1) is 6.92 Å². The monoisotopic (exact) mass is 335 g/mol. The topological polar surface area (TPSA) is 40.5 Å². The summed E-state index contributed by atoms with van der Waals surface area (Å²) in [5, 5.41) is 12.5. The zero-order valence-corrected chi connectivity index (χ0v) is 14.3. The zero-order valence-electron chi connectivity index (χ0n) is 12.6. The summed E-state index contributed by atoms with van der Waals surface area (Å²) < 4.78 is 0. The number of benzene rings is 1. The van der Waals surface area contributed by atoms with E-state index in [1.54, 1.807) is 23.1 Å². The van der Waals surface area contributed by atoms with E-state index in [9.17, 15) is 10.0 Å². The van der Waals surface area contributed by atoms with Crippen molar-refractivity contribution in [2.45, 2.75) is 25.8 Å². The Hall–Kier alpha value is -1.30. The Morgan fingerprint density at radius 1 is 1.32 bits per heavy atom. The van der Waals surface area contributed by atoms with E-state index in [1.165, 1.54) is 11.1 Å². The molecule has 0 spiro atoms. The highest BCUT2D eigenvalue weighted by Crippen LogP contribution is 2.27. The highest BCUT2D eigenvalue weighted by Gasteiger charge is 2.18. The lowest BCUT2D eigenvalue weighted by molar-refractivity contribution is -0.158. The van der Waals surface area contributed by atoms with Gasteiger partial charge in [0.25, 0.3) is 0 Å². The van der Waals surface area contributed by atoms with Gasteiger partial charge in [-0.15, -0.1) is 11.3 Å². The van der Waals surface area contributed by atoms with Gasteiger partial charge in [0.1, 0.15) is 6.04 Å². The molecule has 0 bridgehead atoms. The molecule has 1 heterocycles. The number of hydroxylamine groups is 2. The first kappa shape index (κ1) is 17.1. The number of aryl methyl sites for hydroxylation is 2. The average Bonchev–Trinajstić information content (AvgIpc) is 3.06. The second kappa shape index (κ2) is 8.98. The van der Waals surface area contributed by atoms with Crippen LogP contribution in [-0.4, -0.2) is 28.2 Å². The standard InChI is InChI=1S/C17H21NO2S2/c1-14-6-2-3-7-15(14)8-4-10-21-12-16(18(20)13-19)17-9-5-11-22-17/h2-3,5-7,9,11,13,16,20H,4,8,10,12H2,1H3/t16-/m1/s1. The molecular formula is C17H21NO2S2. The number of hydrogen-bond acceptors (Lipinski definition) is 4. The molecule has 22 heavy (non-hydrogen) atoms. The molecule has 1 amide bonds. The molecule has 5 heteroatoms. The van der Waals surface area contributed by atoms with E-state index in [0.29, 0.717) is 12.2 Å². The van der Waals surface area contributed by atoms with Crippen molar-refractivity contribution >= 4 is 29.5 Å². The first-order valence-corrected chi connectivity index (χ1v) is 9.34. The molecule has 0 aliphatic carbocycles. The lowest BCUT2D eigenvalue weighted by atomic mass is 10.1. The third kappa shape index (κ3) is 4.87. The molecule has 0 unspecified atom stereocenters. The molecule has 0 saturated carbocycles. The Kier molecular flexibility index (Phi) is 6.96. The Morgan fingerprint density at radius 3 is 2.82 bits per heavy atom. The van der Waals surface area contributed by atoms with Crippen LogP contribution in [0.3, 0.4) is 0 Å². The second-order valence-electron chi connectivity index (χ2n) is 5.12. The maximum absolute atomic E-state index is 10.8. The number of thiophene rings is 1. The number of rotatable bonds is 9. The van der Waals surface area contributed by atoms with Crippen LogP contribution in [0.4, 0.5) is 0 Å². The predicted octanol–water partition coefficient (Wildman–Crippen LogP) is 4.31. The SMILES string of the molecule is Cc1ccccc1CCCSC[C@H](c1cccs1)N(O)C=O. The van der Waals surface area contributed by atoms with Crippen molar-refractivity contribution in [1.29, 1.82) is 0 Å². The fourth-order valence-electron chi connectivity index (χ4n) is 2.29. The second-order valence-corrected chi connectivity index (χ2v) is 7.25. The van der Waals surface area contributed by atoms with Gasteiger partial charge in [-0.25, -0.2) is 5.06 Å². The van der Waals surface area contributed by atoms with E-state index in [2.05, 4.69) is 31.2 Å². The average molecular weight is 335 g/mol. The van der Waals surface area contributed by atoms with Crippen molar-refractivity contribution in [2.24, 2.45) is 0 Å². The Morgan fingerprint density at radius 2 is 2.14 bits per heavy atom. The van der Waals surface area contributed by atoms with Crippen LogP contribution in [-0.2, 0) is 11.2 Å². The molecule has 3 nitrogen and oxygen atoms in total. The van der Waals surface area contributed by atoms with E-state index in [1.807, 2.05) is 17.5 Å². The third-order valence-electron chi connectivity index (χ3n) is 3.57.